The summed E-state index contributed by atoms with van der Waals surface area (Å²) in [6.45, 7) is 9.49. The monoisotopic (exact) mass is 1050 g/mol. The predicted octanol–water partition coefficient (Wildman–Crippen LogP) is 9.33. The summed E-state index contributed by atoms with van der Waals surface area (Å²) in [6, 6.07) is 33.1. The predicted molar refractivity (Wildman–Crippen MR) is 290 cm³/mol. The topological polar surface area (TPSA) is 217 Å². The number of nitrogens with one attached hydrogen (secondary N) is 3. The van der Waals surface area contributed by atoms with E-state index in [2.05, 4.69) is 25.9 Å². The number of fused-ring (bicyclic) bond motifs is 2. The van der Waals surface area contributed by atoms with E-state index < -0.39 is 11.6 Å². The zero-order valence-corrected chi connectivity index (χ0v) is 44.1. The van der Waals surface area contributed by atoms with E-state index in [0.717, 1.165) is 65.4 Å². The van der Waals surface area contributed by atoms with E-state index in [0.29, 0.717) is 77.2 Å². The van der Waals surface area contributed by atoms with Crippen LogP contribution < -0.4 is 34.9 Å². The molecule has 20 nitrogen and oxygen atoms in total. The van der Waals surface area contributed by atoms with E-state index >= 15 is 0 Å². The van der Waals surface area contributed by atoms with Crippen LogP contribution in [0.3, 0.4) is 0 Å². The minimum atomic E-state index is -0.563. The van der Waals surface area contributed by atoms with E-state index in [1.165, 1.54) is 14.2 Å². The molecule has 2 aliphatic heterocycles. The van der Waals surface area contributed by atoms with Crippen molar-refractivity contribution in [1.29, 1.82) is 0 Å². The standard InChI is InChI=1S/C31H35N5O6.C26H27N5O4/c1-31(2,3)42-30(38)35-17-15-22(19-35)33-27-26-25(41-24-12-8-21(9-13-24)29(37)40-5)14-16-32-28(26)36(34-27)18-20-6-10-23(39-4)11-7-20;1-33-20-7-3-17(4-8-20)16-31-25-23(24(30-31)29-19-11-13-27-15-19)22(12-14-28-25)35-21-9-5-18(6-10-21)26(32)34-2/h6-14,16,22H,15,17-19H2,1-5H3,(H,33,34);3-10,12,14,19,27H,11,13,15-16H2,1-2H3,(H,29,30)/t22-;19-/m11/s1. The van der Waals surface area contributed by atoms with Gasteiger partial charge in [0.05, 0.1) is 52.7 Å². The number of esters is 2. The number of carbonyl (C=O) groups is 3. The maximum atomic E-state index is 12.7. The van der Waals surface area contributed by atoms with Crippen molar-refractivity contribution in [3.8, 4) is 34.5 Å². The van der Waals surface area contributed by atoms with Crippen LogP contribution in [-0.2, 0) is 27.3 Å². The van der Waals surface area contributed by atoms with Gasteiger partial charge in [-0.3, -0.25) is 0 Å². The van der Waals surface area contributed by atoms with Crippen molar-refractivity contribution in [2.75, 3.05) is 65.3 Å². The second-order valence-corrected chi connectivity index (χ2v) is 19.4. The highest BCUT2D eigenvalue weighted by Crippen LogP contribution is 2.37. The molecular formula is C57H62N10O10. The highest BCUT2D eigenvalue weighted by molar-refractivity contribution is 5.95. The van der Waals surface area contributed by atoms with Gasteiger partial charge < -0.3 is 54.0 Å². The quantitative estimate of drug-likeness (QED) is 0.0607. The van der Waals surface area contributed by atoms with E-state index in [9.17, 15) is 14.4 Å². The zero-order chi connectivity index (χ0) is 54.1. The smallest absolute Gasteiger partial charge is 0.410 e. The average Bonchev–Trinajstić information content (AvgIpc) is 4.28. The van der Waals surface area contributed by atoms with Crippen LogP contribution in [0.4, 0.5) is 16.4 Å². The molecule has 0 unspecified atom stereocenters. The first-order valence-corrected chi connectivity index (χ1v) is 25.2. The highest BCUT2D eigenvalue weighted by Gasteiger charge is 2.31. The number of benzene rings is 4. The second-order valence-electron chi connectivity index (χ2n) is 19.4. The maximum absolute atomic E-state index is 12.7. The lowest BCUT2D eigenvalue weighted by Gasteiger charge is -2.24. The molecule has 1 amide bonds. The summed E-state index contributed by atoms with van der Waals surface area (Å²) in [5, 5.41) is 21.8. The summed E-state index contributed by atoms with van der Waals surface area (Å²) in [5.74, 6) is 4.43. The third-order valence-electron chi connectivity index (χ3n) is 12.8. The van der Waals surface area contributed by atoms with Crippen LogP contribution in [-0.4, -0.2) is 125 Å². The van der Waals surface area contributed by atoms with Gasteiger partial charge in [-0.2, -0.15) is 10.2 Å². The number of hydrogen-bond acceptors (Lipinski definition) is 17. The fourth-order valence-electron chi connectivity index (χ4n) is 8.88. The molecule has 4 aromatic carbocycles. The summed E-state index contributed by atoms with van der Waals surface area (Å²) in [6.07, 6.45) is 4.81. The van der Waals surface area contributed by atoms with Gasteiger partial charge in [-0.05, 0) is 124 Å². The number of rotatable bonds is 16. The minimum Gasteiger partial charge on any atom is -0.497 e. The molecule has 0 aliphatic carbocycles. The summed E-state index contributed by atoms with van der Waals surface area (Å²) in [7, 11) is 5.99. The van der Waals surface area contributed by atoms with E-state index in [1.807, 2.05) is 84.7 Å². The number of carbonyl (C=O) groups excluding carboxylic acids is 3. The van der Waals surface area contributed by atoms with Crippen molar-refractivity contribution < 1.29 is 47.5 Å². The van der Waals surface area contributed by atoms with Gasteiger partial charge in [0.25, 0.3) is 0 Å². The molecular weight excluding hydrogens is 985 g/mol. The van der Waals surface area contributed by atoms with Crippen molar-refractivity contribution in [1.82, 2.24) is 39.7 Å². The maximum Gasteiger partial charge on any atom is 0.410 e. The Morgan fingerprint density at radius 1 is 0.597 bits per heavy atom. The van der Waals surface area contributed by atoms with Gasteiger partial charge in [0.2, 0.25) is 0 Å². The number of aromatic nitrogens is 6. The molecule has 0 saturated carbocycles. The van der Waals surface area contributed by atoms with Crippen molar-refractivity contribution in [2.24, 2.45) is 0 Å². The van der Waals surface area contributed by atoms with Crippen LogP contribution in [0.2, 0.25) is 0 Å². The third kappa shape index (κ3) is 13.0. The Bertz CT molecular complexity index is 3320. The second kappa shape index (κ2) is 23.7. The Morgan fingerprint density at radius 3 is 1.47 bits per heavy atom. The normalized spacial score (nSPS) is 15.1. The van der Waals surface area contributed by atoms with Crippen molar-refractivity contribution in [3.63, 3.8) is 0 Å². The Labute approximate surface area is 445 Å². The molecule has 2 atom stereocenters. The number of hydrogen-bond donors (Lipinski definition) is 3. The molecule has 4 aromatic heterocycles. The van der Waals surface area contributed by atoms with Gasteiger partial charge >= 0.3 is 18.0 Å². The van der Waals surface area contributed by atoms with Gasteiger partial charge in [0.1, 0.15) is 50.9 Å². The molecule has 77 heavy (non-hydrogen) atoms. The molecule has 0 radical (unpaired) electrons. The molecule has 8 aromatic rings. The Hall–Kier alpha value is -8.91. The number of ether oxygens (including phenoxy) is 7. The lowest BCUT2D eigenvalue weighted by molar-refractivity contribution is 0.0293. The third-order valence-corrected chi connectivity index (χ3v) is 12.8. The van der Waals surface area contributed by atoms with Gasteiger partial charge in [-0.15, -0.1) is 0 Å². The van der Waals surface area contributed by atoms with Gasteiger partial charge in [-0.25, -0.2) is 33.7 Å². The Balaban J connectivity index is 0.000000191. The summed E-state index contributed by atoms with van der Waals surface area (Å²) in [5.41, 5.74) is 3.78. The Morgan fingerprint density at radius 2 is 1.05 bits per heavy atom. The van der Waals surface area contributed by atoms with Crippen LogP contribution in [0.5, 0.6) is 34.5 Å². The molecule has 3 N–H and O–H groups in total. The summed E-state index contributed by atoms with van der Waals surface area (Å²) < 4.78 is 41.9. The molecule has 2 saturated heterocycles. The van der Waals surface area contributed by atoms with E-state index in [-0.39, 0.29) is 24.1 Å². The number of methoxy groups -OCH3 is 4. The van der Waals surface area contributed by atoms with Gasteiger partial charge in [0, 0.05) is 56.2 Å². The zero-order valence-electron chi connectivity index (χ0n) is 44.1. The van der Waals surface area contributed by atoms with Crippen LogP contribution >= 0.6 is 0 Å². The first-order valence-electron chi connectivity index (χ1n) is 25.2. The number of nitrogens with zero attached hydrogens (tertiary/aromatic N) is 7. The number of amides is 1. The fourth-order valence-corrected chi connectivity index (χ4v) is 8.88. The number of anilines is 2. The minimum absolute atomic E-state index is 0.0440. The summed E-state index contributed by atoms with van der Waals surface area (Å²) >= 11 is 0. The summed E-state index contributed by atoms with van der Waals surface area (Å²) in [4.78, 5) is 47.3. The van der Waals surface area contributed by atoms with Crippen LogP contribution in [0, 0.1) is 0 Å². The molecule has 0 bridgehead atoms. The van der Waals surface area contributed by atoms with Gasteiger partial charge in [-0.1, -0.05) is 24.3 Å². The number of likely N-dealkylation sites (tertiary alicyclic amines) is 1. The SMILES string of the molecule is COC(=O)c1ccc(Oc2ccnc3c2c(N[C@@H]2CCN(C(=O)OC(C)(C)C)C2)nn3Cc2ccc(OC)cc2)cc1.COC(=O)c1ccc(Oc2ccnc3c2c(N[C@@H]2CCNC2)nn3Cc2ccc(OC)cc2)cc1. The molecule has 400 valence electrons. The average molecular weight is 1050 g/mol. The van der Waals surface area contributed by atoms with Crippen molar-refractivity contribution in [3.05, 3.63) is 144 Å². The van der Waals surface area contributed by atoms with E-state index in [1.54, 1.807) is 86.1 Å². The lowest BCUT2D eigenvalue weighted by atomic mass is 10.2. The first-order chi connectivity index (χ1) is 37.3. The fraction of sp³-hybridized carbons (Fsp3) is 0.316. The molecule has 10 rings (SSSR count). The molecule has 0 spiro atoms. The van der Waals surface area contributed by atoms with Gasteiger partial charge in [0.15, 0.2) is 22.9 Å². The van der Waals surface area contributed by atoms with Crippen molar-refractivity contribution in [2.45, 2.75) is 64.4 Å². The number of pyridine rings is 2. The Kier molecular flexibility index (Phi) is 16.3. The molecule has 2 fully saturated rings. The lowest BCUT2D eigenvalue weighted by Crippen LogP contribution is -2.36. The largest absolute Gasteiger partial charge is 0.497 e. The van der Waals surface area contributed by atoms with Crippen LogP contribution in [0.15, 0.2) is 122 Å². The molecule has 20 heteroatoms. The van der Waals surface area contributed by atoms with E-state index in [4.69, 9.17) is 43.4 Å². The first kappa shape index (κ1) is 52.9. The van der Waals surface area contributed by atoms with Crippen molar-refractivity contribution >= 4 is 51.7 Å². The van der Waals surface area contributed by atoms with Crippen LogP contribution in [0.1, 0.15) is 65.5 Å². The highest BCUT2D eigenvalue weighted by atomic mass is 16.6. The molecule has 2 aliphatic rings. The van der Waals surface area contributed by atoms with Crippen LogP contribution in [0.25, 0.3) is 22.1 Å². The molecule has 6 heterocycles.